The first kappa shape index (κ1) is 13.4. The molecule has 0 N–H and O–H groups in total. The molecule has 1 aromatic rings. The fraction of sp³-hybridized carbons (Fsp3) is 0.500. The van der Waals surface area contributed by atoms with Crippen LogP contribution in [0.1, 0.15) is 32.4 Å². The number of rotatable bonds is 1. The molecule has 0 spiro atoms. The van der Waals surface area contributed by atoms with Crippen molar-refractivity contribution in [1.82, 2.24) is 4.90 Å². The Balaban J connectivity index is 2.17. The number of ether oxygens (including phenoxy) is 1. The Morgan fingerprint density at radius 3 is 2.44 bits per heavy atom. The van der Waals surface area contributed by atoms with Crippen LogP contribution < -0.4 is 0 Å². The SMILES string of the molecule is CC(C)(C)N1CC(c2ccc(Cl)cc2)OCC1=O. The number of hydrogen-bond donors (Lipinski definition) is 0. The summed E-state index contributed by atoms with van der Waals surface area (Å²) in [4.78, 5) is 13.7. The molecule has 0 aliphatic carbocycles. The van der Waals surface area contributed by atoms with Crippen molar-refractivity contribution < 1.29 is 9.53 Å². The zero-order valence-corrected chi connectivity index (χ0v) is 11.7. The number of halogens is 1. The highest BCUT2D eigenvalue weighted by molar-refractivity contribution is 6.30. The van der Waals surface area contributed by atoms with Crippen LogP contribution >= 0.6 is 11.6 Å². The number of amides is 1. The number of carbonyl (C=O) groups is 1. The zero-order valence-electron chi connectivity index (χ0n) is 10.9. The molecule has 1 amide bonds. The van der Waals surface area contributed by atoms with E-state index in [-0.39, 0.29) is 24.2 Å². The molecule has 1 aliphatic heterocycles. The quantitative estimate of drug-likeness (QED) is 0.783. The Morgan fingerprint density at radius 2 is 1.89 bits per heavy atom. The third-order valence-electron chi connectivity index (χ3n) is 3.11. The van der Waals surface area contributed by atoms with Gasteiger partial charge in [0.25, 0.3) is 0 Å². The standard InChI is InChI=1S/C14H18ClNO2/c1-14(2,3)16-8-12(18-9-13(16)17)10-4-6-11(15)7-5-10/h4-7,12H,8-9H2,1-3H3. The van der Waals surface area contributed by atoms with Crippen LogP contribution in [0, 0.1) is 0 Å². The number of nitrogens with zero attached hydrogens (tertiary/aromatic N) is 1. The zero-order chi connectivity index (χ0) is 13.3. The smallest absolute Gasteiger partial charge is 0.249 e. The number of morpholine rings is 1. The van der Waals surface area contributed by atoms with Crippen LogP contribution in [0.15, 0.2) is 24.3 Å². The molecule has 1 unspecified atom stereocenters. The van der Waals surface area contributed by atoms with E-state index in [1.54, 1.807) is 0 Å². The van der Waals surface area contributed by atoms with Gasteiger partial charge in [-0.3, -0.25) is 4.79 Å². The molecule has 1 saturated heterocycles. The van der Waals surface area contributed by atoms with Gasteiger partial charge in [-0.05, 0) is 38.5 Å². The normalized spacial score (nSPS) is 21.2. The summed E-state index contributed by atoms with van der Waals surface area (Å²) in [7, 11) is 0. The minimum absolute atomic E-state index is 0.0488. The van der Waals surface area contributed by atoms with Crippen LogP contribution in [0.25, 0.3) is 0 Å². The predicted molar refractivity (Wildman–Crippen MR) is 71.6 cm³/mol. The molecule has 0 bridgehead atoms. The van der Waals surface area contributed by atoms with Gasteiger partial charge in [0.1, 0.15) is 12.7 Å². The van der Waals surface area contributed by atoms with E-state index in [0.29, 0.717) is 11.6 Å². The summed E-state index contributed by atoms with van der Waals surface area (Å²) in [5.41, 5.74) is 0.882. The largest absolute Gasteiger partial charge is 0.362 e. The molecule has 1 atom stereocenters. The molecule has 4 heteroatoms. The second-order valence-electron chi connectivity index (χ2n) is 5.53. The van der Waals surface area contributed by atoms with Crippen molar-refractivity contribution >= 4 is 17.5 Å². The van der Waals surface area contributed by atoms with Crippen molar-refractivity contribution in [3.05, 3.63) is 34.9 Å². The molecule has 1 fully saturated rings. The fourth-order valence-electron chi connectivity index (χ4n) is 2.10. The lowest BCUT2D eigenvalue weighted by Crippen LogP contribution is -2.52. The van der Waals surface area contributed by atoms with Crippen LogP contribution in [0.4, 0.5) is 0 Å². The Labute approximate surface area is 113 Å². The summed E-state index contributed by atoms with van der Waals surface area (Å²) in [6, 6.07) is 7.59. The monoisotopic (exact) mass is 267 g/mol. The van der Waals surface area contributed by atoms with E-state index in [9.17, 15) is 4.79 Å². The van der Waals surface area contributed by atoms with Crippen molar-refractivity contribution in [3.8, 4) is 0 Å². The van der Waals surface area contributed by atoms with Crippen LogP contribution in [-0.4, -0.2) is 29.5 Å². The summed E-state index contributed by atoms with van der Waals surface area (Å²) in [5, 5.41) is 0.707. The first-order valence-corrected chi connectivity index (χ1v) is 6.43. The second kappa shape index (κ2) is 4.90. The van der Waals surface area contributed by atoms with Crippen LogP contribution in [0.5, 0.6) is 0 Å². The van der Waals surface area contributed by atoms with Gasteiger partial charge in [-0.25, -0.2) is 0 Å². The molecular weight excluding hydrogens is 250 g/mol. The average Bonchev–Trinajstić information content (AvgIpc) is 2.29. The minimum Gasteiger partial charge on any atom is -0.362 e. The summed E-state index contributed by atoms with van der Waals surface area (Å²) >= 11 is 5.87. The van der Waals surface area contributed by atoms with E-state index in [2.05, 4.69) is 0 Å². The van der Waals surface area contributed by atoms with Gasteiger partial charge in [0.05, 0.1) is 6.54 Å². The summed E-state index contributed by atoms with van der Waals surface area (Å²) in [6.07, 6.45) is -0.0702. The molecule has 1 aromatic carbocycles. The minimum atomic E-state index is -0.175. The van der Waals surface area contributed by atoms with Gasteiger partial charge < -0.3 is 9.64 Å². The topological polar surface area (TPSA) is 29.5 Å². The van der Waals surface area contributed by atoms with Gasteiger partial charge in [-0.1, -0.05) is 23.7 Å². The number of benzene rings is 1. The molecule has 0 saturated carbocycles. The summed E-state index contributed by atoms with van der Waals surface area (Å²) in [5.74, 6) is 0.0488. The third-order valence-corrected chi connectivity index (χ3v) is 3.36. The predicted octanol–water partition coefficient (Wildman–Crippen LogP) is 3.04. The Morgan fingerprint density at radius 1 is 1.28 bits per heavy atom. The molecule has 98 valence electrons. The first-order valence-electron chi connectivity index (χ1n) is 6.05. The van der Waals surface area contributed by atoms with Gasteiger partial charge in [-0.15, -0.1) is 0 Å². The van der Waals surface area contributed by atoms with E-state index >= 15 is 0 Å². The van der Waals surface area contributed by atoms with Gasteiger partial charge in [0, 0.05) is 10.6 Å². The van der Waals surface area contributed by atoms with E-state index in [1.165, 1.54) is 0 Å². The van der Waals surface area contributed by atoms with Crippen molar-refractivity contribution in [2.24, 2.45) is 0 Å². The Kier molecular flexibility index (Phi) is 3.64. The van der Waals surface area contributed by atoms with E-state index < -0.39 is 0 Å². The lowest BCUT2D eigenvalue weighted by Gasteiger charge is -2.41. The second-order valence-corrected chi connectivity index (χ2v) is 5.96. The highest BCUT2D eigenvalue weighted by atomic mass is 35.5. The molecule has 1 aliphatic rings. The fourth-order valence-corrected chi connectivity index (χ4v) is 2.22. The third kappa shape index (κ3) is 2.85. The Bertz CT molecular complexity index is 436. The Hall–Kier alpha value is -1.06. The maximum Gasteiger partial charge on any atom is 0.249 e. The number of hydrogen-bond acceptors (Lipinski definition) is 2. The lowest BCUT2D eigenvalue weighted by atomic mass is 10.0. The maximum absolute atomic E-state index is 11.9. The van der Waals surface area contributed by atoms with Gasteiger partial charge in [0.15, 0.2) is 0 Å². The first-order chi connectivity index (χ1) is 8.38. The number of carbonyl (C=O) groups excluding carboxylic acids is 1. The highest BCUT2D eigenvalue weighted by Gasteiger charge is 2.33. The van der Waals surface area contributed by atoms with E-state index in [1.807, 2.05) is 49.9 Å². The summed E-state index contributed by atoms with van der Waals surface area (Å²) < 4.78 is 5.61. The van der Waals surface area contributed by atoms with E-state index in [0.717, 1.165) is 5.56 Å². The van der Waals surface area contributed by atoms with Crippen LogP contribution in [-0.2, 0) is 9.53 Å². The van der Waals surface area contributed by atoms with Gasteiger partial charge >= 0.3 is 0 Å². The molecule has 0 aromatic heterocycles. The molecule has 1 heterocycles. The van der Waals surface area contributed by atoms with Crippen LogP contribution in [0.3, 0.4) is 0 Å². The molecule has 2 rings (SSSR count). The average molecular weight is 268 g/mol. The summed E-state index contributed by atoms with van der Waals surface area (Å²) in [6.45, 7) is 6.84. The molecule has 3 nitrogen and oxygen atoms in total. The highest BCUT2D eigenvalue weighted by Crippen LogP contribution is 2.27. The van der Waals surface area contributed by atoms with E-state index in [4.69, 9.17) is 16.3 Å². The van der Waals surface area contributed by atoms with Crippen molar-refractivity contribution in [2.75, 3.05) is 13.2 Å². The van der Waals surface area contributed by atoms with Gasteiger partial charge in [0.2, 0.25) is 5.91 Å². The van der Waals surface area contributed by atoms with Crippen molar-refractivity contribution in [1.29, 1.82) is 0 Å². The molecular formula is C14H18ClNO2. The van der Waals surface area contributed by atoms with Crippen LogP contribution in [0.2, 0.25) is 5.02 Å². The lowest BCUT2D eigenvalue weighted by molar-refractivity contribution is -0.156. The maximum atomic E-state index is 11.9. The molecule has 18 heavy (non-hydrogen) atoms. The molecule has 0 radical (unpaired) electrons. The van der Waals surface area contributed by atoms with Crippen molar-refractivity contribution in [3.63, 3.8) is 0 Å². The van der Waals surface area contributed by atoms with Crippen molar-refractivity contribution in [2.45, 2.75) is 32.4 Å². The van der Waals surface area contributed by atoms with Gasteiger partial charge in [-0.2, -0.15) is 0 Å².